The summed E-state index contributed by atoms with van der Waals surface area (Å²) in [5.74, 6) is 0.260. The molecule has 3 nitrogen and oxygen atoms in total. The van der Waals surface area contributed by atoms with Crippen LogP contribution in [0.25, 0.3) is 0 Å². The van der Waals surface area contributed by atoms with Gasteiger partial charge in [-0.2, -0.15) is 5.10 Å². The molecule has 1 N–H and O–H groups in total. The topological polar surface area (TPSA) is 41.5 Å². The van der Waals surface area contributed by atoms with Crippen molar-refractivity contribution in [2.24, 2.45) is 11.0 Å². The highest BCUT2D eigenvalue weighted by Gasteiger charge is 2.43. The Morgan fingerprint density at radius 3 is 2.83 bits per heavy atom. The molecule has 1 amide bonds. The van der Waals surface area contributed by atoms with Crippen molar-refractivity contribution in [2.45, 2.75) is 17.2 Å². The Morgan fingerprint density at radius 1 is 1.30 bits per heavy atom. The van der Waals surface area contributed by atoms with Crippen LogP contribution in [0.5, 0.6) is 0 Å². The maximum atomic E-state index is 12.1. The van der Waals surface area contributed by atoms with E-state index >= 15 is 0 Å². The van der Waals surface area contributed by atoms with Gasteiger partial charge >= 0.3 is 0 Å². The summed E-state index contributed by atoms with van der Waals surface area (Å²) in [6.45, 7) is 0. The standard InChI is InChI=1S/C18H17ClN2OS/c1-23-15-4-2-3-12(9-15)11-20-21-18(22)17-10-16(17)13-5-7-14(19)8-6-13/h2-9,11,16-17H,10H2,1H3,(H,21,22)/b20-11+. The highest BCUT2D eigenvalue weighted by atomic mass is 35.5. The van der Waals surface area contributed by atoms with Gasteiger partial charge in [-0.15, -0.1) is 11.8 Å². The normalized spacial score (nSPS) is 19.7. The van der Waals surface area contributed by atoms with Crippen molar-refractivity contribution in [3.8, 4) is 0 Å². The molecule has 0 aliphatic heterocycles. The van der Waals surface area contributed by atoms with E-state index < -0.39 is 0 Å². The number of nitrogens with zero attached hydrogens (tertiary/aromatic N) is 1. The second-order valence-electron chi connectivity index (χ2n) is 5.51. The lowest BCUT2D eigenvalue weighted by atomic mass is 10.1. The first-order valence-electron chi connectivity index (χ1n) is 7.40. The molecule has 1 saturated carbocycles. The first kappa shape index (κ1) is 16.1. The molecule has 2 aromatic carbocycles. The number of rotatable bonds is 5. The Hall–Kier alpha value is -1.78. The number of amides is 1. The van der Waals surface area contributed by atoms with Gasteiger partial charge in [-0.3, -0.25) is 4.79 Å². The van der Waals surface area contributed by atoms with E-state index in [-0.39, 0.29) is 17.7 Å². The maximum absolute atomic E-state index is 12.1. The molecule has 118 valence electrons. The van der Waals surface area contributed by atoms with Crippen LogP contribution in [0.15, 0.2) is 58.5 Å². The summed E-state index contributed by atoms with van der Waals surface area (Å²) in [5, 5.41) is 4.78. The van der Waals surface area contributed by atoms with Gasteiger partial charge in [0.2, 0.25) is 5.91 Å². The molecule has 0 aromatic heterocycles. The zero-order chi connectivity index (χ0) is 16.2. The molecule has 0 bridgehead atoms. The summed E-state index contributed by atoms with van der Waals surface area (Å²) in [6, 6.07) is 15.7. The third-order valence-corrected chi connectivity index (χ3v) is 4.88. The lowest BCUT2D eigenvalue weighted by Gasteiger charge is -2.01. The SMILES string of the molecule is CSc1cccc(/C=N/NC(=O)C2CC2c2ccc(Cl)cc2)c1. The molecule has 2 unspecified atom stereocenters. The molecule has 1 aliphatic rings. The molecule has 0 spiro atoms. The van der Waals surface area contributed by atoms with Crippen molar-refractivity contribution in [3.63, 3.8) is 0 Å². The number of nitrogens with one attached hydrogen (secondary N) is 1. The van der Waals surface area contributed by atoms with Crippen molar-refractivity contribution in [3.05, 3.63) is 64.7 Å². The molecule has 2 atom stereocenters. The van der Waals surface area contributed by atoms with Crippen molar-refractivity contribution in [1.82, 2.24) is 5.43 Å². The van der Waals surface area contributed by atoms with Gasteiger partial charge in [-0.1, -0.05) is 35.9 Å². The number of halogens is 1. The summed E-state index contributed by atoms with van der Waals surface area (Å²) >= 11 is 7.56. The van der Waals surface area contributed by atoms with Gasteiger partial charge in [0.15, 0.2) is 0 Å². The number of hydrogen-bond acceptors (Lipinski definition) is 3. The highest BCUT2D eigenvalue weighted by Crippen LogP contribution is 2.47. The summed E-state index contributed by atoms with van der Waals surface area (Å²) in [6.07, 6.45) is 4.57. The lowest BCUT2D eigenvalue weighted by molar-refractivity contribution is -0.122. The molecule has 0 heterocycles. The zero-order valence-electron chi connectivity index (χ0n) is 12.7. The van der Waals surface area contributed by atoms with E-state index in [2.05, 4.69) is 10.5 Å². The predicted molar refractivity (Wildman–Crippen MR) is 96.3 cm³/mol. The molecule has 1 aliphatic carbocycles. The van der Waals surface area contributed by atoms with Crippen molar-refractivity contribution >= 4 is 35.5 Å². The molecule has 1 fully saturated rings. The number of hydrogen-bond donors (Lipinski definition) is 1. The fourth-order valence-electron chi connectivity index (χ4n) is 2.54. The monoisotopic (exact) mass is 344 g/mol. The smallest absolute Gasteiger partial charge is 0.243 e. The molecule has 23 heavy (non-hydrogen) atoms. The van der Waals surface area contributed by atoms with Crippen LogP contribution in [0.4, 0.5) is 0 Å². The Labute approximate surface area is 145 Å². The van der Waals surface area contributed by atoms with Crippen LogP contribution in [0.1, 0.15) is 23.5 Å². The largest absolute Gasteiger partial charge is 0.273 e. The van der Waals surface area contributed by atoms with Gasteiger partial charge in [0.05, 0.1) is 6.21 Å². The van der Waals surface area contributed by atoms with E-state index in [9.17, 15) is 4.79 Å². The summed E-state index contributed by atoms with van der Waals surface area (Å²) in [7, 11) is 0. The van der Waals surface area contributed by atoms with E-state index in [1.165, 1.54) is 4.90 Å². The predicted octanol–water partition coefficient (Wildman–Crippen LogP) is 4.32. The third-order valence-electron chi connectivity index (χ3n) is 3.91. The van der Waals surface area contributed by atoms with Crippen LogP contribution in [0, 0.1) is 5.92 Å². The summed E-state index contributed by atoms with van der Waals surface area (Å²) in [5.41, 5.74) is 4.77. The first-order valence-corrected chi connectivity index (χ1v) is 9.00. The maximum Gasteiger partial charge on any atom is 0.243 e. The van der Waals surface area contributed by atoms with Gasteiger partial charge in [0.1, 0.15) is 0 Å². The van der Waals surface area contributed by atoms with Gasteiger partial charge < -0.3 is 0 Å². The van der Waals surface area contributed by atoms with Gasteiger partial charge in [0.25, 0.3) is 0 Å². The second-order valence-corrected chi connectivity index (χ2v) is 6.83. The molecule has 5 heteroatoms. The summed E-state index contributed by atoms with van der Waals surface area (Å²) in [4.78, 5) is 13.3. The van der Waals surface area contributed by atoms with Gasteiger partial charge in [-0.25, -0.2) is 5.43 Å². The van der Waals surface area contributed by atoms with Crippen LogP contribution in [-0.4, -0.2) is 18.4 Å². The summed E-state index contributed by atoms with van der Waals surface area (Å²) < 4.78 is 0. The fraction of sp³-hybridized carbons (Fsp3) is 0.222. The van der Waals surface area contributed by atoms with Gasteiger partial charge in [0, 0.05) is 15.8 Å². The zero-order valence-corrected chi connectivity index (χ0v) is 14.3. The number of carbonyl (C=O) groups is 1. The van der Waals surface area contributed by atoms with E-state index in [4.69, 9.17) is 11.6 Å². The highest BCUT2D eigenvalue weighted by molar-refractivity contribution is 7.98. The number of hydrazone groups is 1. The number of carbonyl (C=O) groups excluding carboxylic acids is 1. The van der Waals surface area contributed by atoms with Crippen molar-refractivity contribution in [2.75, 3.05) is 6.26 Å². The fourth-order valence-corrected chi connectivity index (χ4v) is 3.13. The molecule has 2 aromatic rings. The molecular formula is C18H17ClN2OS. The van der Waals surface area contributed by atoms with Crippen molar-refractivity contribution in [1.29, 1.82) is 0 Å². The number of thioether (sulfide) groups is 1. The first-order chi connectivity index (χ1) is 11.2. The minimum Gasteiger partial charge on any atom is -0.273 e. The van der Waals surface area contributed by atoms with E-state index in [1.807, 2.05) is 54.8 Å². The molecule has 0 saturated heterocycles. The van der Waals surface area contributed by atoms with Crippen LogP contribution in [0.3, 0.4) is 0 Å². The Bertz CT molecular complexity index is 730. The van der Waals surface area contributed by atoms with E-state index in [0.717, 1.165) is 17.5 Å². The van der Waals surface area contributed by atoms with Crippen LogP contribution in [-0.2, 0) is 4.79 Å². The van der Waals surface area contributed by atoms with E-state index in [1.54, 1.807) is 18.0 Å². The second kappa shape index (κ2) is 7.20. The van der Waals surface area contributed by atoms with Gasteiger partial charge in [-0.05, 0) is 54.0 Å². The quantitative estimate of drug-likeness (QED) is 0.498. The Kier molecular flexibility index (Phi) is 5.03. The third kappa shape index (κ3) is 4.15. The molecule has 0 radical (unpaired) electrons. The Balaban J connectivity index is 1.54. The minimum atomic E-state index is -0.0257. The average Bonchev–Trinajstić information content (AvgIpc) is 3.36. The average molecular weight is 345 g/mol. The molecular weight excluding hydrogens is 328 g/mol. The Morgan fingerprint density at radius 2 is 2.09 bits per heavy atom. The number of benzene rings is 2. The van der Waals surface area contributed by atoms with Crippen LogP contribution in [0.2, 0.25) is 5.02 Å². The van der Waals surface area contributed by atoms with Crippen LogP contribution >= 0.6 is 23.4 Å². The van der Waals surface area contributed by atoms with Crippen molar-refractivity contribution < 1.29 is 4.79 Å². The van der Waals surface area contributed by atoms with E-state index in [0.29, 0.717) is 5.02 Å². The van der Waals surface area contributed by atoms with Crippen LogP contribution < -0.4 is 5.43 Å². The molecule has 3 rings (SSSR count). The lowest BCUT2D eigenvalue weighted by Crippen LogP contribution is -2.20. The minimum absolute atomic E-state index is 0.00542.